The Balaban J connectivity index is 1.87. The molecule has 0 aliphatic carbocycles. The highest BCUT2D eigenvalue weighted by molar-refractivity contribution is 7.89. The van der Waals surface area contributed by atoms with Gasteiger partial charge in [-0.2, -0.15) is 4.31 Å². The van der Waals surface area contributed by atoms with E-state index < -0.39 is 27.7 Å². The van der Waals surface area contributed by atoms with Gasteiger partial charge in [0.15, 0.2) is 11.6 Å². The number of fused-ring (bicyclic) bond motifs is 1. The number of rotatable bonds is 3. The summed E-state index contributed by atoms with van der Waals surface area (Å²) in [6.07, 6.45) is 1.86. The van der Waals surface area contributed by atoms with Crippen LogP contribution in [-0.2, 0) is 16.6 Å². The van der Waals surface area contributed by atoms with Gasteiger partial charge < -0.3 is 4.57 Å². The molecule has 3 aromatic rings. The SMILES string of the molecule is O=S(=O)(c1ccccc1)N1CCn2cccc2[C@@H]1c1ccc(F)c(F)c1. The second kappa shape index (κ2) is 6.34. The van der Waals surface area contributed by atoms with Crippen molar-refractivity contribution in [3.05, 3.63) is 89.8 Å². The summed E-state index contributed by atoms with van der Waals surface area (Å²) >= 11 is 0. The molecule has 0 bridgehead atoms. The molecular weight excluding hydrogens is 358 g/mol. The quantitative estimate of drug-likeness (QED) is 0.704. The standard InChI is InChI=1S/C19H16F2N2O2S/c20-16-9-8-14(13-17(16)21)19-18-7-4-10-22(18)11-12-23(19)26(24,25)15-5-2-1-3-6-15/h1-10,13,19H,11-12H2/t19-/m0/s1. The normalized spacial score (nSPS) is 17.8. The highest BCUT2D eigenvalue weighted by Crippen LogP contribution is 2.36. The van der Waals surface area contributed by atoms with E-state index in [1.165, 1.54) is 22.5 Å². The van der Waals surface area contributed by atoms with E-state index in [4.69, 9.17) is 0 Å². The van der Waals surface area contributed by atoms with Crippen LogP contribution in [0.15, 0.2) is 71.8 Å². The summed E-state index contributed by atoms with van der Waals surface area (Å²) in [5.41, 5.74) is 1.12. The minimum absolute atomic E-state index is 0.174. The zero-order chi connectivity index (χ0) is 18.3. The Kier molecular flexibility index (Phi) is 4.13. The lowest BCUT2D eigenvalue weighted by Crippen LogP contribution is -2.42. The lowest BCUT2D eigenvalue weighted by atomic mass is 10.0. The molecule has 0 radical (unpaired) electrons. The first kappa shape index (κ1) is 16.9. The van der Waals surface area contributed by atoms with Gasteiger partial charge in [0.2, 0.25) is 10.0 Å². The predicted molar refractivity (Wildman–Crippen MR) is 93.0 cm³/mol. The van der Waals surface area contributed by atoms with Crippen molar-refractivity contribution >= 4 is 10.0 Å². The molecule has 7 heteroatoms. The maximum Gasteiger partial charge on any atom is 0.244 e. The van der Waals surface area contributed by atoms with Crippen LogP contribution in [0.2, 0.25) is 0 Å². The molecule has 0 N–H and O–H groups in total. The van der Waals surface area contributed by atoms with Crippen LogP contribution >= 0.6 is 0 Å². The van der Waals surface area contributed by atoms with Gasteiger partial charge in [-0.15, -0.1) is 0 Å². The number of benzene rings is 2. The van der Waals surface area contributed by atoms with Gasteiger partial charge in [0, 0.05) is 25.0 Å². The Bertz CT molecular complexity index is 1050. The number of nitrogens with zero attached hydrogens (tertiary/aromatic N) is 2. The highest BCUT2D eigenvalue weighted by Gasteiger charge is 2.37. The van der Waals surface area contributed by atoms with Crippen LogP contribution in [0.3, 0.4) is 0 Å². The Labute approximate surface area is 150 Å². The molecule has 2 aromatic carbocycles. The molecule has 0 spiro atoms. The number of aromatic nitrogens is 1. The fraction of sp³-hybridized carbons (Fsp3) is 0.158. The summed E-state index contributed by atoms with van der Waals surface area (Å²) in [4.78, 5) is 0.174. The zero-order valence-corrected chi connectivity index (χ0v) is 14.5. The molecular formula is C19H16F2N2O2S. The minimum Gasteiger partial charge on any atom is -0.348 e. The smallest absolute Gasteiger partial charge is 0.244 e. The maximum atomic E-state index is 13.8. The van der Waals surface area contributed by atoms with E-state index in [0.717, 1.165) is 17.8 Å². The summed E-state index contributed by atoms with van der Waals surface area (Å²) in [6.45, 7) is 0.733. The van der Waals surface area contributed by atoms with E-state index >= 15 is 0 Å². The molecule has 2 heterocycles. The summed E-state index contributed by atoms with van der Waals surface area (Å²) in [5.74, 6) is -1.96. The van der Waals surface area contributed by atoms with Crippen LogP contribution in [0.5, 0.6) is 0 Å². The van der Waals surface area contributed by atoms with Crippen molar-refractivity contribution in [3.8, 4) is 0 Å². The summed E-state index contributed by atoms with van der Waals surface area (Å²) in [7, 11) is -3.80. The van der Waals surface area contributed by atoms with Crippen LogP contribution < -0.4 is 0 Å². The molecule has 134 valence electrons. The van der Waals surface area contributed by atoms with Crippen molar-refractivity contribution < 1.29 is 17.2 Å². The van der Waals surface area contributed by atoms with Gasteiger partial charge in [0.1, 0.15) is 0 Å². The van der Waals surface area contributed by atoms with Crippen molar-refractivity contribution in [2.24, 2.45) is 0 Å². The highest BCUT2D eigenvalue weighted by atomic mass is 32.2. The third-order valence-corrected chi connectivity index (χ3v) is 6.48. The van der Waals surface area contributed by atoms with E-state index in [-0.39, 0.29) is 11.4 Å². The molecule has 0 saturated heterocycles. The predicted octanol–water partition coefficient (Wildman–Crippen LogP) is 3.56. The van der Waals surface area contributed by atoms with Gasteiger partial charge in [-0.05, 0) is 42.0 Å². The molecule has 4 nitrogen and oxygen atoms in total. The van der Waals surface area contributed by atoms with E-state index in [1.807, 2.05) is 16.8 Å². The Morgan fingerprint density at radius 2 is 1.65 bits per heavy atom. The van der Waals surface area contributed by atoms with Crippen molar-refractivity contribution in [1.29, 1.82) is 0 Å². The number of sulfonamides is 1. The van der Waals surface area contributed by atoms with Crippen LogP contribution in [0.4, 0.5) is 8.78 Å². The van der Waals surface area contributed by atoms with Gasteiger partial charge in [-0.3, -0.25) is 0 Å². The van der Waals surface area contributed by atoms with E-state index in [1.54, 1.807) is 24.3 Å². The maximum absolute atomic E-state index is 13.8. The molecule has 1 aliphatic rings. The lowest BCUT2D eigenvalue weighted by Gasteiger charge is -2.36. The van der Waals surface area contributed by atoms with Gasteiger partial charge >= 0.3 is 0 Å². The molecule has 1 atom stereocenters. The lowest BCUT2D eigenvalue weighted by molar-refractivity contribution is 0.297. The van der Waals surface area contributed by atoms with Crippen molar-refractivity contribution in [3.63, 3.8) is 0 Å². The number of hydrogen-bond donors (Lipinski definition) is 0. The van der Waals surface area contributed by atoms with Crippen LogP contribution in [0.1, 0.15) is 17.3 Å². The molecule has 0 amide bonds. The molecule has 1 aromatic heterocycles. The first-order valence-electron chi connectivity index (χ1n) is 8.15. The molecule has 0 saturated carbocycles. The largest absolute Gasteiger partial charge is 0.348 e. The average molecular weight is 374 g/mol. The summed E-state index contributed by atoms with van der Waals surface area (Å²) < 4.78 is 56.9. The van der Waals surface area contributed by atoms with E-state index in [2.05, 4.69) is 0 Å². The number of halogens is 2. The van der Waals surface area contributed by atoms with Crippen LogP contribution in [-0.4, -0.2) is 23.8 Å². The first-order chi connectivity index (χ1) is 12.5. The molecule has 4 rings (SSSR count). The average Bonchev–Trinajstić information content (AvgIpc) is 3.13. The van der Waals surface area contributed by atoms with E-state index in [9.17, 15) is 17.2 Å². The Morgan fingerprint density at radius 3 is 2.38 bits per heavy atom. The molecule has 0 fully saturated rings. The number of hydrogen-bond acceptors (Lipinski definition) is 2. The Hall–Kier alpha value is -2.51. The van der Waals surface area contributed by atoms with Gasteiger partial charge in [0.25, 0.3) is 0 Å². The molecule has 26 heavy (non-hydrogen) atoms. The van der Waals surface area contributed by atoms with Crippen molar-refractivity contribution in [1.82, 2.24) is 8.87 Å². The molecule has 0 unspecified atom stereocenters. The van der Waals surface area contributed by atoms with Crippen LogP contribution in [0, 0.1) is 11.6 Å². The van der Waals surface area contributed by atoms with E-state index in [0.29, 0.717) is 12.1 Å². The second-order valence-electron chi connectivity index (χ2n) is 6.13. The van der Waals surface area contributed by atoms with Gasteiger partial charge in [-0.25, -0.2) is 17.2 Å². The minimum atomic E-state index is -3.80. The Morgan fingerprint density at radius 1 is 0.885 bits per heavy atom. The fourth-order valence-electron chi connectivity index (χ4n) is 3.37. The first-order valence-corrected chi connectivity index (χ1v) is 9.59. The zero-order valence-electron chi connectivity index (χ0n) is 13.7. The van der Waals surface area contributed by atoms with Crippen molar-refractivity contribution in [2.75, 3.05) is 6.54 Å². The fourth-order valence-corrected chi connectivity index (χ4v) is 4.97. The third kappa shape index (κ3) is 2.73. The summed E-state index contributed by atoms with van der Waals surface area (Å²) in [6, 6.07) is 14.6. The topological polar surface area (TPSA) is 42.3 Å². The van der Waals surface area contributed by atoms with Crippen LogP contribution in [0.25, 0.3) is 0 Å². The van der Waals surface area contributed by atoms with Crippen molar-refractivity contribution in [2.45, 2.75) is 17.5 Å². The second-order valence-corrected chi connectivity index (χ2v) is 8.02. The summed E-state index contributed by atoms with van der Waals surface area (Å²) in [5, 5.41) is 0. The van der Waals surface area contributed by atoms with Gasteiger partial charge in [-0.1, -0.05) is 24.3 Å². The molecule has 1 aliphatic heterocycles. The van der Waals surface area contributed by atoms with Gasteiger partial charge in [0.05, 0.1) is 10.9 Å². The monoisotopic (exact) mass is 374 g/mol. The third-order valence-electron chi connectivity index (χ3n) is 4.60.